The summed E-state index contributed by atoms with van der Waals surface area (Å²) in [6.07, 6.45) is 3.66. The molecule has 0 spiro atoms. The average molecular weight is 375 g/mol. The lowest BCUT2D eigenvalue weighted by Crippen LogP contribution is -2.27. The monoisotopic (exact) mass is 375 g/mol. The molecule has 0 unspecified atom stereocenters. The molecule has 2 amide bonds. The Morgan fingerprint density at radius 1 is 1.04 bits per heavy atom. The first-order chi connectivity index (χ1) is 13.6. The molecule has 3 aromatic rings. The zero-order valence-corrected chi connectivity index (χ0v) is 15.6. The Balaban J connectivity index is 1.47. The number of amides is 2. The minimum absolute atomic E-state index is 0.00100. The van der Waals surface area contributed by atoms with E-state index in [0.717, 1.165) is 37.2 Å². The Kier molecular flexibility index (Phi) is 4.89. The van der Waals surface area contributed by atoms with Crippen LogP contribution in [0.25, 0.3) is 5.69 Å². The van der Waals surface area contributed by atoms with Crippen LogP contribution in [-0.2, 0) is 0 Å². The summed E-state index contributed by atoms with van der Waals surface area (Å²) in [6, 6.07) is 14.8. The van der Waals surface area contributed by atoms with E-state index in [-0.39, 0.29) is 17.5 Å². The normalized spacial score (nSPS) is 13.5. The number of aromatic nitrogens is 3. The van der Waals surface area contributed by atoms with E-state index in [9.17, 15) is 9.59 Å². The molecule has 28 heavy (non-hydrogen) atoms. The molecular weight excluding hydrogens is 354 g/mol. The standard InChI is InChI=1S/C21H21N5O2/c1-15-7-9-18(10-8-15)26-14-19(23-24-26)20(27)22-17-6-4-5-16(13-17)21(28)25-11-2-3-12-25/h4-10,13-14H,2-3,11-12H2,1H3,(H,22,27). The maximum absolute atomic E-state index is 12.5. The van der Waals surface area contributed by atoms with Crippen LogP contribution in [0.15, 0.2) is 54.7 Å². The van der Waals surface area contributed by atoms with Crippen molar-refractivity contribution in [1.82, 2.24) is 19.9 Å². The number of hydrogen-bond donors (Lipinski definition) is 1. The number of carbonyl (C=O) groups excluding carboxylic acids is 2. The van der Waals surface area contributed by atoms with Crippen molar-refractivity contribution in [3.8, 4) is 5.69 Å². The molecule has 1 N–H and O–H groups in total. The van der Waals surface area contributed by atoms with Crippen molar-refractivity contribution >= 4 is 17.5 Å². The van der Waals surface area contributed by atoms with Crippen molar-refractivity contribution in [3.63, 3.8) is 0 Å². The number of benzene rings is 2. The number of rotatable bonds is 4. The third-order valence-corrected chi connectivity index (χ3v) is 4.79. The molecule has 0 aliphatic carbocycles. The van der Waals surface area contributed by atoms with Gasteiger partial charge in [0.1, 0.15) is 0 Å². The number of nitrogens with zero attached hydrogens (tertiary/aromatic N) is 4. The maximum Gasteiger partial charge on any atom is 0.277 e. The smallest absolute Gasteiger partial charge is 0.277 e. The zero-order valence-electron chi connectivity index (χ0n) is 15.6. The summed E-state index contributed by atoms with van der Waals surface area (Å²) < 4.78 is 1.56. The second kappa shape index (κ2) is 7.64. The van der Waals surface area contributed by atoms with Gasteiger partial charge in [0, 0.05) is 24.3 Å². The van der Waals surface area contributed by atoms with Crippen LogP contribution in [0.3, 0.4) is 0 Å². The fourth-order valence-corrected chi connectivity index (χ4v) is 3.22. The molecule has 1 aliphatic rings. The molecule has 7 heteroatoms. The molecule has 0 radical (unpaired) electrons. The van der Waals surface area contributed by atoms with Crippen molar-refractivity contribution in [2.45, 2.75) is 19.8 Å². The average Bonchev–Trinajstić information content (AvgIpc) is 3.40. The molecule has 1 fully saturated rings. The van der Waals surface area contributed by atoms with Crippen molar-refractivity contribution in [3.05, 3.63) is 71.5 Å². The van der Waals surface area contributed by atoms with Gasteiger partial charge in [-0.05, 0) is 50.1 Å². The molecule has 1 saturated heterocycles. The largest absolute Gasteiger partial charge is 0.339 e. The van der Waals surface area contributed by atoms with Gasteiger partial charge in [-0.3, -0.25) is 9.59 Å². The van der Waals surface area contributed by atoms with Gasteiger partial charge in [0.15, 0.2) is 5.69 Å². The van der Waals surface area contributed by atoms with Crippen LogP contribution in [0.2, 0.25) is 0 Å². The molecule has 0 saturated carbocycles. The fourth-order valence-electron chi connectivity index (χ4n) is 3.22. The van der Waals surface area contributed by atoms with Crippen LogP contribution in [0.4, 0.5) is 5.69 Å². The van der Waals surface area contributed by atoms with Crippen LogP contribution in [0, 0.1) is 6.92 Å². The molecule has 2 aromatic carbocycles. The van der Waals surface area contributed by atoms with Gasteiger partial charge in [0.25, 0.3) is 11.8 Å². The highest BCUT2D eigenvalue weighted by atomic mass is 16.2. The Bertz CT molecular complexity index is 1000. The summed E-state index contributed by atoms with van der Waals surface area (Å²) >= 11 is 0. The van der Waals surface area contributed by atoms with E-state index in [2.05, 4.69) is 15.6 Å². The van der Waals surface area contributed by atoms with E-state index >= 15 is 0 Å². The number of nitrogens with one attached hydrogen (secondary N) is 1. The first-order valence-corrected chi connectivity index (χ1v) is 9.30. The quantitative estimate of drug-likeness (QED) is 0.760. The highest BCUT2D eigenvalue weighted by Crippen LogP contribution is 2.17. The van der Waals surface area contributed by atoms with Gasteiger partial charge in [-0.25, -0.2) is 4.68 Å². The summed E-state index contributed by atoms with van der Waals surface area (Å²) in [5, 5.41) is 10.8. The minimum atomic E-state index is -0.371. The lowest BCUT2D eigenvalue weighted by molar-refractivity contribution is 0.0792. The molecule has 2 heterocycles. The first kappa shape index (κ1) is 17.9. The maximum atomic E-state index is 12.5. The molecule has 7 nitrogen and oxygen atoms in total. The van der Waals surface area contributed by atoms with E-state index in [0.29, 0.717) is 11.3 Å². The van der Waals surface area contributed by atoms with E-state index in [1.807, 2.05) is 36.1 Å². The van der Waals surface area contributed by atoms with E-state index < -0.39 is 0 Å². The molecule has 1 aromatic heterocycles. The predicted octanol–water partition coefficient (Wildman–Crippen LogP) is 3.06. The summed E-state index contributed by atoms with van der Waals surface area (Å²) in [5.74, 6) is -0.372. The highest BCUT2D eigenvalue weighted by molar-refractivity contribution is 6.03. The SMILES string of the molecule is Cc1ccc(-n2cc(C(=O)Nc3cccc(C(=O)N4CCCC4)c3)nn2)cc1. The third kappa shape index (κ3) is 3.78. The topological polar surface area (TPSA) is 80.1 Å². The number of anilines is 1. The van der Waals surface area contributed by atoms with Gasteiger partial charge in [-0.1, -0.05) is 29.0 Å². The molecule has 142 valence electrons. The fraction of sp³-hybridized carbons (Fsp3) is 0.238. The Morgan fingerprint density at radius 3 is 2.54 bits per heavy atom. The van der Waals surface area contributed by atoms with Gasteiger partial charge in [-0.2, -0.15) is 0 Å². The zero-order chi connectivity index (χ0) is 19.5. The van der Waals surface area contributed by atoms with Crippen LogP contribution in [0.5, 0.6) is 0 Å². The Morgan fingerprint density at radius 2 is 1.79 bits per heavy atom. The second-order valence-electron chi connectivity index (χ2n) is 6.92. The highest BCUT2D eigenvalue weighted by Gasteiger charge is 2.20. The summed E-state index contributed by atoms with van der Waals surface area (Å²) in [7, 11) is 0. The van der Waals surface area contributed by atoms with Crippen LogP contribution >= 0.6 is 0 Å². The molecular formula is C21H21N5O2. The van der Waals surface area contributed by atoms with Crippen LogP contribution in [0.1, 0.15) is 39.3 Å². The lowest BCUT2D eigenvalue weighted by atomic mass is 10.1. The lowest BCUT2D eigenvalue weighted by Gasteiger charge is -2.15. The molecule has 1 aliphatic heterocycles. The summed E-state index contributed by atoms with van der Waals surface area (Å²) in [4.78, 5) is 26.9. The summed E-state index contributed by atoms with van der Waals surface area (Å²) in [5.41, 5.74) is 3.31. The van der Waals surface area contributed by atoms with Gasteiger partial charge in [0.2, 0.25) is 0 Å². The Labute approximate surface area is 163 Å². The van der Waals surface area contributed by atoms with Crippen molar-refractivity contribution < 1.29 is 9.59 Å². The number of aryl methyl sites for hydroxylation is 1. The van der Waals surface area contributed by atoms with Crippen molar-refractivity contribution in [2.75, 3.05) is 18.4 Å². The van der Waals surface area contributed by atoms with E-state index in [1.165, 1.54) is 0 Å². The van der Waals surface area contributed by atoms with Gasteiger partial charge in [0.05, 0.1) is 11.9 Å². The van der Waals surface area contributed by atoms with Crippen molar-refractivity contribution in [1.29, 1.82) is 0 Å². The molecule has 4 rings (SSSR count). The third-order valence-electron chi connectivity index (χ3n) is 4.79. The van der Waals surface area contributed by atoms with Gasteiger partial charge >= 0.3 is 0 Å². The van der Waals surface area contributed by atoms with Gasteiger partial charge < -0.3 is 10.2 Å². The predicted molar refractivity (Wildman–Crippen MR) is 106 cm³/mol. The van der Waals surface area contributed by atoms with Crippen molar-refractivity contribution in [2.24, 2.45) is 0 Å². The summed E-state index contributed by atoms with van der Waals surface area (Å²) in [6.45, 7) is 3.58. The van der Waals surface area contributed by atoms with Crippen LogP contribution < -0.4 is 5.32 Å². The number of likely N-dealkylation sites (tertiary alicyclic amines) is 1. The number of hydrogen-bond acceptors (Lipinski definition) is 4. The Hall–Kier alpha value is -3.48. The number of carbonyl (C=O) groups is 2. The van der Waals surface area contributed by atoms with E-state index in [1.54, 1.807) is 35.1 Å². The second-order valence-corrected chi connectivity index (χ2v) is 6.92. The molecule has 0 atom stereocenters. The van der Waals surface area contributed by atoms with E-state index in [4.69, 9.17) is 0 Å². The van der Waals surface area contributed by atoms with Crippen LogP contribution in [-0.4, -0.2) is 44.8 Å². The minimum Gasteiger partial charge on any atom is -0.339 e. The first-order valence-electron chi connectivity index (χ1n) is 9.30. The van der Waals surface area contributed by atoms with Gasteiger partial charge in [-0.15, -0.1) is 5.10 Å². The molecule has 0 bridgehead atoms.